The van der Waals surface area contributed by atoms with Gasteiger partial charge in [0, 0.05) is 18.8 Å². The largest absolute Gasteiger partial charge is 0.461 e. The average Bonchev–Trinajstić information content (AvgIpc) is 2.53. The van der Waals surface area contributed by atoms with Crippen LogP contribution in [0.15, 0.2) is 24.3 Å². The number of esters is 1. The quantitative estimate of drug-likeness (QED) is 0.425. The molecule has 132 valence electrons. The third-order valence-corrected chi connectivity index (χ3v) is 3.00. The van der Waals surface area contributed by atoms with Crippen molar-refractivity contribution in [1.82, 2.24) is 10.6 Å². The van der Waals surface area contributed by atoms with Crippen molar-refractivity contribution in [2.45, 2.75) is 26.9 Å². The highest BCUT2D eigenvalue weighted by molar-refractivity contribution is 5.89. The van der Waals surface area contributed by atoms with E-state index in [9.17, 15) is 14.4 Å². The van der Waals surface area contributed by atoms with E-state index >= 15 is 0 Å². The molecule has 8 heteroatoms. The first-order valence-corrected chi connectivity index (χ1v) is 7.72. The van der Waals surface area contributed by atoms with Gasteiger partial charge in [-0.05, 0) is 24.1 Å². The summed E-state index contributed by atoms with van der Waals surface area (Å²) in [5.41, 5.74) is 6.39. The molecule has 4 amide bonds. The lowest BCUT2D eigenvalue weighted by atomic mass is 10.2. The van der Waals surface area contributed by atoms with Gasteiger partial charge in [0.05, 0.1) is 5.92 Å². The molecule has 1 aromatic rings. The SMILES string of the molecule is CC(C)C(=O)OCc1ccc(NC(=O)NCCCNC(N)=O)cc1. The Morgan fingerprint density at radius 2 is 1.71 bits per heavy atom. The van der Waals surface area contributed by atoms with Crippen molar-refractivity contribution in [2.75, 3.05) is 18.4 Å². The van der Waals surface area contributed by atoms with Crippen molar-refractivity contribution < 1.29 is 19.1 Å². The number of nitrogens with two attached hydrogens (primary N) is 1. The molecule has 5 N–H and O–H groups in total. The number of hydrogen-bond donors (Lipinski definition) is 4. The van der Waals surface area contributed by atoms with E-state index in [0.29, 0.717) is 25.2 Å². The smallest absolute Gasteiger partial charge is 0.319 e. The summed E-state index contributed by atoms with van der Waals surface area (Å²) in [5.74, 6) is -0.407. The number of ether oxygens (including phenoxy) is 1. The number of primary amides is 1. The number of urea groups is 2. The molecule has 0 aliphatic heterocycles. The monoisotopic (exact) mass is 336 g/mol. The lowest BCUT2D eigenvalue weighted by molar-refractivity contribution is -0.148. The Morgan fingerprint density at radius 1 is 1.08 bits per heavy atom. The van der Waals surface area contributed by atoms with Crippen LogP contribution in [-0.2, 0) is 16.1 Å². The molecule has 0 bridgehead atoms. The molecule has 0 fully saturated rings. The van der Waals surface area contributed by atoms with Crippen LogP contribution in [0.1, 0.15) is 25.8 Å². The van der Waals surface area contributed by atoms with Gasteiger partial charge in [0.1, 0.15) is 6.61 Å². The van der Waals surface area contributed by atoms with E-state index in [4.69, 9.17) is 10.5 Å². The van der Waals surface area contributed by atoms with E-state index in [-0.39, 0.29) is 24.5 Å². The van der Waals surface area contributed by atoms with Crippen LogP contribution >= 0.6 is 0 Å². The molecule has 0 saturated carbocycles. The first kappa shape index (κ1) is 19.3. The zero-order valence-corrected chi connectivity index (χ0v) is 13.9. The van der Waals surface area contributed by atoms with E-state index in [2.05, 4.69) is 16.0 Å². The summed E-state index contributed by atoms with van der Waals surface area (Å²) in [7, 11) is 0. The van der Waals surface area contributed by atoms with E-state index in [1.807, 2.05) is 0 Å². The zero-order chi connectivity index (χ0) is 17.9. The summed E-state index contributed by atoms with van der Waals surface area (Å²) in [6, 6.07) is 6.09. The minimum Gasteiger partial charge on any atom is -0.461 e. The topological polar surface area (TPSA) is 123 Å². The highest BCUT2D eigenvalue weighted by atomic mass is 16.5. The number of carbonyl (C=O) groups excluding carboxylic acids is 3. The van der Waals surface area contributed by atoms with Crippen molar-refractivity contribution in [3.8, 4) is 0 Å². The van der Waals surface area contributed by atoms with Gasteiger partial charge in [-0.3, -0.25) is 4.79 Å². The standard InChI is InChI=1S/C16H24N4O4/c1-11(2)14(21)24-10-12-4-6-13(7-5-12)20-16(23)19-9-3-8-18-15(17)22/h4-7,11H,3,8-10H2,1-2H3,(H3,17,18,22)(H2,19,20,23). The Morgan fingerprint density at radius 3 is 2.29 bits per heavy atom. The summed E-state index contributed by atoms with van der Waals surface area (Å²) in [6.45, 7) is 4.57. The molecule has 0 aliphatic carbocycles. The van der Waals surface area contributed by atoms with Gasteiger partial charge in [-0.2, -0.15) is 0 Å². The first-order valence-electron chi connectivity index (χ1n) is 7.72. The molecule has 0 saturated heterocycles. The molecule has 0 unspecified atom stereocenters. The molecule has 24 heavy (non-hydrogen) atoms. The first-order chi connectivity index (χ1) is 11.4. The fourth-order valence-corrected chi connectivity index (χ4v) is 1.68. The van der Waals surface area contributed by atoms with Gasteiger partial charge in [0.25, 0.3) is 0 Å². The van der Waals surface area contributed by atoms with Gasteiger partial charge in [-0.15, -0.1) is 0 Å². The van der Waals surface area contributed by atoms with Crippen molar-refractivity contribution >= 4 is 23.7 Å². The molecule has 1 rings (SSSR count). The zero-order valence-electron chi connectivity index (χ0n) is 13.9. The second kappa shape index (κ2) is 10.1. The Bertz CT molecular complexity index is 558. The maximum absolute atomic E-state index is 11.7. The predicted molar refractivity (Wildman–Crippen MR) is 90.3 cm³/mol. The van der Waals surface area contributed by atoms with Gasteiger partial charge >= 0.3 is 18.0 Å². The molecule has 0 spiro atoms. The maximum Gasteiger partial charge on any atom is 0.319 e. The van der Waals surface area contributed by atoms with Crippen LogP contribution in [0, 0.1) is 5.92 Å². The fraction of sp³-hybridized carbons (Fsp3) is 0.438. The van der Waals surface area contributed by atoms with Crippen molar-refractivity contribution in [1.29, 1.82) is 0 Å². The van der Waals surface area contributed by atoms with Crippen LogP contribution in [0.4, 0.5) is 15.3 Å². The number of hydrogen-bond acceptors (Lipinski definition) is 4. The molecule has 8 nitrogen and oxygen atoms in total. The van der Waals surface area contributed by atoms with Gasteiger partial charge in [-0.25, -0.2) is 9.59 Å². The molecule has 0 atom stereocenters. The highest BCUT2D eigenvalue weighted by Crippen LogP contribution is 2.11. The van der Waals surface area contributed by atoms with E-state index in [0.717, 1.165) is 5.56 Å². The molecule has 1 aromatic carbocycles. The second-order valence-corrected chi connectivity index (χ2v) is 5.48. The second-order valence-electron chi connectivity index (χ2n) is 5.48. The van der Waals surface area contributed by atoms with Gasteiger partial charge in [0.2, 0.25) is 0 Å². The lowest BCUT2D eigenvalue weighted by Crippen LogP contribution is -2.34. The van der Waals surface area contributed by atoms with Gasteiger partial charge < -0.3 is 26.4 Å². The summed E-state index contributed by atoms with van der Waals surface area (Å²) in [6.07, 6.45) is 0.580. The fourth-order valence-electron chi connectivity index (χ4n) is 1.68. The van der Waals surface area contributed by atoms with Crippen LogP contribution in [0.3, 0.4) is 0 Å². The van der Waals surface area contributed by atoms with Crippen molar-refractivity contribution in [3.63, 3.8) is 0 Å². The summed E-state index contributed by atoms with van der Waals surface area (Å²) < 4.78 is 5.13. The minimum absolute atomic E-state index is 0.159. The number of carbonyl (C=O) groups is 3. The molecule has 0 radical (unpaired) electrons. The van der Waals surface area contributed by atoms with Crippen molar-refractivity contribution in [2.24, 2.45) is 11.7 Å². The average molecular weight is 336 g/mol. The Kier molecular flexibility index (Phi) is 8.10. The molecular weight excluding hydrogens is 312 g/mol. The van der Waals surface area contributed by atoms with E-state index < -0.39 is 6.03 Å². The summed E-state index contributed by atoms with van der Waals surface area (Å²) in [4.78, 5) is 33.5. The molecule has 0 aliphatic rings. The Hall–Kier alpha value is -2.77. The Labute approximate surface area is 141 Å². The van der Waals surface area contributed by atoms with E-state index in [1.165, 1.54) is 0 Å². The molecular formula is C16H24N4O4. The number of rotatable bonds is 8. The highest BCUT2D eigenvalue weighted by Gasteiger charge is 2.08. The normalized spacial score (nSPS) is 10.1. The third-order valence-electron chi connectivity index (χ3n) is 3.00. The third kappa shape index (κ3) is 8.02. The number of amides is 4. The minimum atomic E-state index is -0.585. The molecule has 0 heterocycles. The summed E-state index contributed by atoms with van der Waals surface area (Å²) >= 11 is 0. The maximum atomic E-state index is 11.7. The number of anilines is 1. The molecule has 0 aromatic heterocycles. The predicted octanol–water partition coefficient (Wildman–Crippen LogP) is 1.57. The lowest BCUT2D eigenvalue weighted by Gasteiger charge is -2.09. The van der Waals surface area contributed by atoms with E-state index in [1.54, 1.807) is 38.1 Å². The number of benzene rings is 1. The van der Waals surface area contributed by atoms with Crippen LogP contribution in [-0.4, -0.2) is 31.1 Å². The Balaban J connectivity index is 2.29. The summed E-state index contributed by atoms with van der Waals surface area (Å²) in [5, 5.41) is 7.78. The van der Waals surface area contributed by atoms with Crippen LogP contribution in [0.25, 0.3) is 0 Å². The van der Waals surface area contributed by atoms with Gasteiger partial charge in [-0.1, -0.05) is 26.0 Å². The van der Waals surface area contributed by atoms with Crippen LogP contribution < -0.4 is 21.7 Å². The van der Waals surface area contributed by atoms with Crippen molar-refractivity contribution in [3.05, 3.63) is 29.8 Å². The van der Waals surface area contributed by atoms with Gasteiger partial charge in [0.15, 0.2) is 0 Å². The van der Waals surface area contributed by atoms with Crippen LogP contribution in [0.2, 0.25) is 0 Å². The van der Waals surface area contributed by atoms with Crippen LogP contribution in [0.5, 0.6) is 0 Å². The number of nitrogens with one attached hydrogen (secondary N) is 3.